The minimum Gasteiger partial charge on any atom is -0.308 e. The molecule has 1 aromatic rings. The molecule has 2 saturated carbocycles. The first kappa shape index (κ1) is 13.1. The first-order chi connectivity index (χ1) is 9.11. The Morgan fingerprint density at radius 3 is 2.89 bits per heavy atom. The molecule has 0 spiro atoms. The molecule has 0 radical (unpaired) electrons. The molecule has 0 aliphatic heterocycles. The molecule has 2 unspecified atom stereocenters. The van der Waals surface area contributed by atoms with Gasteiger partial charge in [-0.15, -0.1) is 0 Å². The van der Waals surface area contributed by atoms with E-state index in [1.165, 1.54) is 19.3 Å². The third-order valence-corrected chi connectivity index (χ3v) is 5.63. The minimum atomic E-state index is 0.508. The molecule has 0 aromatic carbocycles. The van der Waals surface area contributed by atoms with Crippen LogP contribution in [0.4, 0.5) is 0 Å². The highest BCUT2D eigenvalue weighted by atomic mass is 15.0. The van der Waals surface area contributed by atoms with E-state index < -0.39 is 0 Å². The van der Waals surface area contributed by atoms with Gasteiger partial charge in [0.2, 0.25) is 0 Å². The zero-order valence-corrected chi connectivity index (χ0v) is 12.4. The molecule has 2 aliphatic rings. The van der Waals surface area contributed by atoms with E-state index in [2.05, 4.69) is 43.2 Å². The average Bonchev–Trinajstić information content (AvgIpc) is 2.87. The maximum Gasteiger partial charge on any atom is 0.0541 e. The summed E-state index contributed by atoms with van der Waals surface area (Å²) in [6, 6.07) is 6.85. The average molecular weight is 258 g/mol. The van der Waals surface area contributed by atoms with Gasteiger partial charge in [-0.2, -0.15) is 0 Å². The van der Waals surface area contributed by atoms with Crippen LogP contribution in [0, 0.1) is 23.2 Å². The van der Waals surface area contributed by atoms with E-state index in [4.69, 9.17) is 0 Å². The maximum absolute atomic E-state index is 4.42. The van der Waals surface area contributed by atoms with Crippen LogP contribution in [0.5, 0.6) is 0 Å². The molecule has 2 nitrogen and oxygen atoms in total. The molecule has 1 aromatic heterocycles. The molecule has 2 aliphatic carbocycles. The van der Waals surface area contributed by atoms with Gasteiger partial charge in [-0.25, -0.2) is 0 Å². The Bertz CT molecular complexity index is 428. The fraction of sp³-hybridized carbons (Fsp3) is 0.706. The molecule has 0 amide bonds. The number of rotatable bonds is 4. The summed E-state index contributed by atoms with van der Waals surface area (Å²) in [5.41, 5.74) is 1.67. The molecule has 0 saturated heterocycles. The van der Waals surface area contributed by atoms with Crippen molar-refractivity contribution in [2.45, 2.75) is 52.6 Å². The maximum atomic E-state index is 4.42. The Labute approximate surface area is 117 Å². The van der Waals surface area contributed by atoms with E-state index in [1.54, 1.807) is 0 Å². The molecule has 3 rings (SSSR count). The molecular formula is C17H26N2. The predicted octanol–water partition coefficient (Wildman–Crippen LogP) is 3.63. The van der Waals surface area contributed by atoms with Gasteiger partial charge in [-0.1, -0.05) is 26.8 Å². The standard InChI is InChI=1S/C17H26N2/c1-12(2)16-13-7-8-17(16,3)15(10-13)19-11-14-6-4-5-9-18-14/h4-6,9,12-13,15-16,19H,7-8,10-11H2,1-3H3/t13?,15-,16-,17?/m1/s1. The largest absolute Gasteiger partial charge is 0.308 e. The lowest BCUT2D eigenvalue weighted by Crippen LogP contribution is -2.42. The van der Waals surface area contributed by atoms with Gasteiger partial charge >= 0.3 is 0 Å². The summed E-state index contributed by atoms with van der Waals surface area (Å²) in [4.78, 5) is 4.42. The minimum absolute atomic E-state index is 0.508. The topological polar surface area (TPSA) is 24.9 Å². The predicted molar refractivity (Wildman–Crippen MR) is 78.6 cm³/mol. The van der Waals surface area contributed by atoms with Gasteiger partial charge in [0.15, 0.2) is 0 Å². The number of hydrogen-bond donors (Lipinski definition) is 1. The van der Waals surface area contributed by atoms with Gasteiger partial charge < -0.3 is 5.32 Å². The molecule has 2 heteroatoms. The summed E-state index contributed by atoms with van der Waals surface area (Å²) in [7, 11) is 0. The summed E-state index contributed by atoms with van der Waals surface area (Å²) >= 11 is 0. The highest BCUT2D eigenvalue weighted by Crippen LogP contribution is 2.60. The van der Waals surface area contributed by atoms with Crippen LogP contribution in [-0.4, -0.2) is 11.0 Å². The molecular weight excluding hydrogens is 232 g/mol. The molecule has 2 bridgehead atoms. The second kappa shape index (κ2) is 4.90. The van der Waals surface area contributed by atoms with Crippen molar-refractivity contribution in [2.75, 3.05) is 0 Å². The van der Waals surface area contributed by atoms with Crippen LogP contribution in [-0.2, 0) is 6.54 Å². The van der Waals surface area contributed by atoms with Gasteiger partial charge in [0.25, 0.3) is 0 Å². The van der Waals surface area contributed by atoms with Crippen molar-refractivity contribution < 1.29 is 0 Å². The Hall–Kier alpha value is -0.890. The summed E-state index contributed by atoms with van der Waals surface area (Å²) < 4.78 is 0. The zero-order valence-electron chi connectivity index (χ0n) is 12.4. The lowest BCUT2D eigenvalue weighted by molar-refractivity contribution is 0.156. The van der Waals surface area contributed by atoms with Crippen LogP contribution in [0.25, 0.3) is 0 Å². The van der Waals surface area contributed by atoms with E-state index in [0.717, 1.165) is 30.0 Å². The molecule has 1 heterocycles. The quantitative estimate of drug-likeness (QED) is 0.892. The SMILES string of the molecule is CC(C)[C@@H]1C2CCC1(C)[C@H](NCc1ccccn1)C2. The van der Waals surface area contributed by atoms with Crippen molar-refractivity contribution in [2.24, 2.45) is 23.2 Å². The third-order valence-electron chi connectivity index (χ3n) is 5.63. The van der Waals surface area contributed by atoms with Crippen LogP contribution < -0.4 is 5.32 Å². The van der Waals surface area contributed by atoms with Crippen LogP contribution in [0.1, 0.15) is 45.7 Å². The van der Waals surface area contributed by atoms with E-state index >= 15 is 0 Å². The van der Waals surface area contributed by atoms with Crippen molar-refractivity contribution in [3.8, 4) is 0 Å². The Morgan fingerprint density at radius 1 is 1.42 bits per heavy atom. The Kier molecular flexibility index (Phi) is 3.38. The normalized spacial score (nSPS) is 37.2. The van der Waals surface area contributed by atoms with Crippen molar-refractivity contribution in [3.63, 3.8) is 0 Å². The van der Waals surface area contributed by atoms with Crippen molar-refractivity contribution in [1.82, 2.24) is 10.3 Å². The van der Waals surface area contributed by atoms with Crippen LogP contribution in [0.3, 0.4) is 0 Å². The van der Waals surface area contributed by atoms with Crippen LogP contribution in [0.15, 0.2) is 24.4 Å². The number of pyridine rings is 1. The van der Waals surface area contributed by atoms with E-state index in [9.17, 15) is 0 Å². The van der Waals surface area contributed by atoms with Gasteiger partial charge in [0, 0.05) is 18.8 Å². The molecule has 1 N–H and O–H groups in total. The van der Waals surface area contributed by atoms with E-state index in [1.807, 2.05) is 12.3 Å². The zero-order chi connectivity index (χ0) is 13.5. The fourth-order valence-corrected chi connectivity index (χ4v) is 4.98. The van der Waals surface area contributed by atoms with Crippen molar-refractivity contribution in [3.05, 3.63) is 30.1 Å². The summed E-state index contributed by atoms with van der Waals surface area (Å²) in [5, 5.41) is 3.79. The smallest absolute Gasteiger partial charge is 0.0541 e. The van der Waals surface area contributed by atoms with Gasteiger partial charge in [-0.3, -0.25) is 4.98 Å². The summed E-state index contributed by atoms with van der Waals surface area (Å²) in [6.45, 7) is 8.24. The number of nitrogens with zero attached hydrogens (tertiary/aromatic N) is 1. The Balaban J connectivity index is 1.67. The fourth-order valence-electron chi connectivity index (χ4n) is 4.98. The second-order valence-electron chi connectivity index (χ2n) is 7.06. The van der Waals surface area contributed by atoms with Crippen LogP contribution in [0.2, 0.25) is 0 Å². The van der Waals surface area contributed by atoms with Crippen molar-refractivity contribution in [1.29, 1.82) is 0 Å². The monoisotopic (exact) mass is 258 g/mol. The summed E-state index contributed by atoms with van der Waals surface area (Å²) in [5.74, 6) is 2.68. The number of nitrogens with one attached hydrogen (secondary N) is 1. The molecule has 2 fully saturated rings. The third kappa shape index (κ3) is 2.20. The highest BCUT2D eigenvalue weighted by molar-refractivity contribution is 5.10. The van der Waals surface area contributed by atoms with Gasteiger partial charge in [-0.05, 0) is 54.6 Å². The lowest BCUT2D eigenvalue weighted by atomic mass is 9.73. The Morgan fingerprint density at radius 2 is 2.26 bits per heavy atom. The van der Waals surface area contributed by atoms with Gasteiger partial charge in [0.05, 0.1) is 5.69 Å². The highest BCUT2D eigenvalue weighted by Gasteiger charge is 2.56. The van der Waals surface area contributed by atoms with Crippen LogP contribution >= 0.6 is 0 Å². The van der Waals surface area contributed by atoms with Gasteiger partial charge in [0.1, 0.15) is 0 Å². The molecule has 19 heavy (non-hydrogen) atoms. The van der Waals surface area contributed by atoms with Crippen molar-refractivity contribution >= 4 is 0 Å². The summed E-state index contributed by atoms with van der Waals surface area (Å²) in [6.07, 6.45) is 6.10. The second-order valence-corrected chi connectivity index (χ2v) is 7.06. The first-order valence-electron chi connectivity index (χ1n) is 7.74. The van der Waals surface area contributed by atoms with E-state index in [0.29, 0.717) is 11.5 Å². The lowest BCUT2D eigenvalue weighted by Gasteiger charge is -2.36. The molecule has 104 valence electrons. The van der Waals surface area contributed by atoms with E-state index in [-0.39, 0.29) is 0 Å². The molecule has 4 atom stereocenters. The first-order valence-corrected chi connectivity index (χ1v) is 7.74. The number of fused-ring (bicyclic) bond motifs is 2. The number of hydrogen-bond acceptors (Lipinski definition) is 2. The number of aromatic nitrogens is 1.